The summed E-state index contributed by atoms with van der Waals surface area (Å²) in [5.74, 6) is 0.903. The molecule has 1 aromatic carbocycles. The molecular formula is C12H18O3Si. The lowest BCUT2D eigenvalue weighted by atomic mass is 10.3. The molecular weight excluding hydrogens is 220 g/mol. The number of ether oxygens (including phenoxy) is 2. The maximum atomic E-state index is 5.58. The van der Waals surface area contributed by atoms with E-state index in [1.54, 1.807) is 7.11 Å². The number of hydrogen-bond acceptors (Lipinski definition) is 3. The van der Waals surface area contributed by atoms with Gasteiger partial charge in [0.2, 0.25) is 8.32 Å². The van der Waals surface area contributed by atoms with Gasteiger partial charge in [-0.05, 0) is 30.4 Å². The summed E-state index contributed by atoms with van der Waals surface area (Å²) < 4.78 is 16.2. The Labute approximate surface area is 97.5 Å². The molecule has 1 aliphatic rings. The van der Waals surface area contributed by atoms with Crippen molar-refractivity contribution in [1.29, 1.82) is 0 Å². The fraction of sp³-hybridized carbons (Fsp3) is 0.500. The molecule has 1 saturated heterocycles. The summed E-state index contributed by atoms with van der Waals surface area (Å²) >= 11 is 0. The van der Waals surface area contributed by atoms with Crippen LogP contribution in [-0.4, -0.2) is 34.7 Å². The van der Waals surface area contributed by atoms with Crippen molar-refractivity contribution in [3.8, 4) is 5.75 Å². The second-order valence-electron chi connectivity index (χ2n) is 4.51. The third kappa shape index (κ3) is 2.84. The van der Waals surface area contributed by atoms with E-state index in [-0.39, 0.29) is 0 Å². The van der Waals surface area contributed by atoms with Gasteiger partial charge in [0.15, 0.2) is 0 Å². The van der Waals surface area contributed by atoms with Crippen molar-refractivity contribution in [3.63, 3.8) is 0 Å². The molecule has 0 bridgehead atoms. The van der Waals surface area contributed by atoms with Crippen molar-refractivity contribution in [2.45, 2.75) is 19.2 Å². The van der Waals surface area contributed by atoms with E-state index in [0.717, 1.165) is 12.4 Å². The first kappa shape index (κ1) is 11.6. The molecule has 1 aliphatic heterocycles. The zero-order valence-electron chi connectivity index (χ0n) is 10.0. The lowest BCUT2D eigenvalue weighted by Crippen LogP contribution is -2.43. The molecule has 1 atom stereocenters. The molecule has 0 aromatic heterocycles. The molecule has 1 aromatic rings. The Balaban J connectivity index is 1.97. The van der Waals surface area contributed by atoms with Gasteiger partial charge in [0.25, 0.3) is 0 Å². The molecule has 1 unspecified atom stereocenters. The predicted octanol–water partition coefficient (Wildman–Crippen LogP) is 1.52. The van der Waals surface area contributed by atoms with Crippen molar-refractivity contribution in [1.82, 2.24) is 0 Å². The van der Waals surface area contributed by atoms with Crippen LogP contribution in [0.25, 0.3) is 0 Å². The van der Waals surface area contributed by atoms with Gasteiger partial charge in [-0.25, -0.2) is 0 Å². The number of rotatable bonds is 5. The molecule has 0 radical (unpaired) electrons. The monoisotopic (exact) mass is 238 g/mol. The van der Waals surface area contributed by atoms with Crippen LogP contribution < -0.4 is 9.92 Å². The maximum Gasteiger partial charge on any atom is 0.217 e. The zero-order chi connectivity index (χ0) is 11.6. The lowest BCUT2D eigenvalue weighted by molar-refractivity contribution is 0.263. The minimum atomic E-state index is -1.69. The smallest absolute Gasteiger partial charge is 0.217 e. The van der Waals surface area contributed by atoms with Gasteiger partial charge in [0, 0.05) is 7.11 Å². The fourth-order valence-corrected chi connectivity index (χ4v) is 2.63. The molecule has 1 heterocycles. The first-order valence-corrected chi connectivity index (χ1v) is 8.43. The van der Waals surface area contributed by atoms with Crippen LogP contribution in [0.1, 0.15) is 0 Å². The fourth-order valence-electron chi connectivity index (χ4n) is 1.42. The third-order valence-electron chi connectivity index (χ3n) is 2.90. The molecule has 4 heteroatoms. The third-order valence-corrected chi connectivity index (χ3v) is 5.64. The first-order chi connectivity index (χ1) is 7.62. The minimum absolute atomic E-state index is 0.310. The molecule has 1 fully saturated rings. The van der Waals surface area contributed by atoms with Crippen LogP contribution in [0.5, 0.6) is 5.75 Å². The number of hydrogen-bond donors (Lipinski definition) is 0. The second kappa shape index (κ2) is 4.57. The highest BCUT2D eigenvalue weighted by atomic mass is 28.4. The Hall–Kier alpha value is -0.843. The van der Waals surface area contributed by atoms with Crippen LogP contribution in [-0.2, 0) is 9.16 Å². The highest BCUT2D eigenvalue weighted by Crippen LogP contribution is 2.15. The Kier molecular flexibility index (Phi) is 3.32. The minimum Gasteiger partial charge on any atom is -0.491 e. The van der Waals surface area contributed by atoms with Crippen molar-refractivity contribution in [2.75, 3.05) is 20.3 Å². The van der Waals surface area contributed by atoms with Gasteiger partial charge in [0.1, 0.15) is 18.5 Å². The van der Waals surface area contributed by atoms with E-state index < -0.39 is 8.32 Å². The van der Waals surface area contributed by atoms with Gasteiger partial charge in [-0.1, -0.05) is 12.1 Å². The van der Waals surface area contributed by atoms with Crippen molar-refractivity contribution in [2.24, 2.45) is 0 Å². The topological polar surface area (TPSA) is 31.0 Å². The summed E-state index contributed by atoms with van der Waals surface area (Å²) in [5.41, 5.74) is 0. The van der Waals surface area contributed by atoms with Crippen molar-refractivity contribution < 1.29 is 13.9 Å². The Morgan fingerprint density at radius 3 is 2.44 bits per heavy atom. The van der Waals surface area contributed by atoms with E-state index in [9.17, 15) is 0 Å². The molecule has 88 valence electrons. The molecule has 2 rings (SSSR count). The highest BCUT2D eigenvalue weighted by molar-refractivity contribution is 6.84. The molecule has 0 saturated carbocycles. The summed E-state index contributed by atoms with van der Waals surface area (Å²) in [6.45, 7) is 5.86. The van der Waals surface area contributed by atoms with Crippen LogP contribution in [0.2, 0.25) is 13.1 Å². The maximum absolute atomic E-state index is 5.58. The quantitative estimate of drug-likeness (QED) is 0.576. The van der Waals surface area contributed by atoms with Gasteiger partial charge in [-0.2, -0.15) is 0 Å². The first-order valence-electron chi connectivity index (χ1n) is 5.52. The Morgan fingerprint density at radius 1 is 1.31 bits per heavy atom. The van der Waals surface area contributed by atoms with Crippen molar-refractivity contribution >= 4 is 13.5 Å². The normalized spacial score (nSPS) is 19.6. The van der Waals surface area contributed by atoms with Crippen LogP contribution >= 0.6 is 0 Å². The van der Waals surface area contributed by atoms with Crippen molar-refractivity contribution in [3.05, 3.63) is 24.3 Å². The van der Waals surface area contributed by atoms with Gasteiger partial charge < -0.3 is 13.9 Å². The van der Waals surface area contributed by atoms with E-state index in [2.05, 4.69) is 25.2 Å². The van der Waals surface area contributed by atoms with Crippen LogP contribution in [0, 0.1) is 0 Å². The van der Waals surface area contributed by atoms with E-state index >= 15 is 0 Å². The van der Waals surface area contributed by atoms with E-state index in [1.165, 1.54) is 5.19 Å². The summed E-state index contributed by atoms with van der Waals surface area (Å²) in [5, 5.41) is 1.28. The standard InChI is InChI=1S/C12H18O3Si/c1-13-16(2,3)12-6-4-10(5-7-12)14-8-11-9-15-11/h4-7,11H,8-9H2,1-3H3. The van der Waals surface area contributed by atoms with Crippen LogP contribution in [0.3, 0.4) is 0 Å². The summed E-state index contributed by atoms with van der Waals surface area (Å²) in [6, 6.07) is 8.20. The summed E-state index contributed by atoms with van der Waals surface area (Å²) in [4.78, 5) is 0. The van der Waals surface area contributed by atoms with E-state index in [1.807, 2.05) is 12.1 Å². The van der Waals surface area contributed by atoms with E-state index in [0.29, 0.717) is 12.7 Å². The van der Waals surface area contributed by atoms with Gasteiger partial charge in [-0.3, -0.25) is 0 Å². The van der Waals surface area contributed by atoms with Crippen LogP contribution in [0.4, 0.5) is 0 Å². The van der Waals surface area contributed by atoms with Crippen LogP contribution in [0.15, 0.2) is 24.3 Å². The van der Waals surface area contributed by atoms with Gasteiger partial charge in [-0.15, -0.1) is 0 Å². The molecule has 0 N–H and O–H groups in total. The predicted molar refractivity (Wildman–Crippen MR) is 65.8 cm³/mol. The molecule has 0 spiro atoms. The number of epoxide rings is 1. The average molecular weight is 238 g/mol. The second-order valence-corrected chi connectivity index (χ2v) is 8.51. The molecule has 0 amide bonds. The Morgan fingerprint density at radius 2 is 1.94 bits per heavy atom. The van der Waals surface area contributed by atoms with Gasteiger partial charge >= 0.3 is 0 Å². The Bertz CT molecular complexity index is 344. The summed E-state index contributed by atoms with van der Waals surface area (Å²) in [7, 11) is 0.0899. The highest BCUT2D eigenvalue weighted by Gasteiger charge is 2.24. The largest absolute Gasteiger partial charge is 0.491 e. The lowest BCUT2D eigenvalue weighted by Gasteiger charge is -2.20. The SMILES string of the molecule is CO[Si](C)(C)c1ccc(OCC2CO2)cc1. The zero-order valence-corrected chi connectivity index (χ0v) is 11.0. The van der Waals surface area contributed by atoms with Gasteiger partial charge in [0.05, 0.1) is 6.61 Å². The average Bonchev–Trinajstić information content (AvgIpc) is 3.11. The summed E-state index contributed by atoms with van der Waals surface area (Å²) in [6.07, 6.45) is 0.310. The van der Waals surface area contributed by atoms with E-state index in [4.69, 9.17) is 13.9 Å². The molecule has 3 nitrogen and oxygen atoms in total. The number of benzene rings is 1. The molecule has 0 aliphatic carbocycles. The molecule has 16 heavy (non-hydrogen) atoms.